The predicted octanol–water partition coefficient (Wildman–Crippen LogP) is 3.15. The molecule has 1 aliphatic carbocycles. The lowest BCUT2D eigenvalue weighted by Gasteiger charge is -2.34. The minimum absolute atomic E-state index is 0.749. The van der Waals surface area contributed by atoms with Crippen molar-refractivity contribution in [2.24, 2.45) is 11.8 Å². The van der Waals surface area contributed by atoms with Crippen molar-refractivity contribution < 1.29 is 0 Å². The van der Waals surface area contributed by atoms with E-state index in [0.29, 0.717) is 0 Å². The lowest BCUT2D eigenvalue weighted by Crippen LogP contribution is -2.38. The molecule has 0 aliphatic heterocycles. The summed E-state index contributed by atoms with van der Waals surface area (Å²) in [7, 11) is 2.12. The molecule has 0 aromatic rings. The van der Waals surface area contributed by atoms with Gasteiger partial charge in [0.15, 0.2) is 0 Å². The van der Waals surface area contributed by atoms with E-state index in [0.717, 1.165) is 17.9 Å². The van der Waals surface area contributed by atoms with Gasteiger partial charge in [0.05, 0.1) is 0 Å². The molecule has 1 nitrogen and oxygen atoms in total. The molecule has 14 heavy (non-hydrogen) atoms. The molecule has 0 aromatic heterocycles. The lowest BCUT2D eigenvalue weighted by atomic mass is 9.77. The number of nitrogens with one attached hydrogen (secondary N) is 1. The highest BCUT2D eigenvalue weighted by Crippen LogP contribution is 2.33. The molecule has 1 aliphatic rings. The van der Waals surface area contributed by atoms with Crippen LogP contribution in [0.1, 0.15) is 39.0 Å². The van der Waals surface area contributed by atoms with E-state index in [4.69, 9.17) is 0 Å². The zero-order valence-electron chi connectivity index (χ0n) is 9.88. The first-order valence-electron chi connectivity index (χ1n) is 5.98. The van der Waals surface area contributed by atoms with Crippen LogP contribution in [0.2, 0.25) is 0 Å². The monoisotopic (exact) mass is 215 g/mol. The molecule has 0 saturated heterocycles. The summed E-state index contributed by atoms with van der Waals surface area (Å²) in [5, 5.41) is 3.50. The first-order chi connectivity index (χ1) is 6.81. The normalized spacial score (nSPS) is 30.2. The van der Waals surface area contributed by atoms with Crippen molar-refractivity contribution in [2.75, 3.05) is 19.1 Å². The van der Waals surface area contributed by atoms with Gasteiger partial charge in [0, 0.05) is 11.8 Å². The molecule has 0 aromatic carbocycles. The molecule has 2 heteroatoms. The third kappa shape index (κ3) is 3.47. The molecule has 0 spiro atoms. The van der Waals surface area contributed by atoms with Gasteiger partial charge in [-0.2, -0.15) is 11.8 Å². The molecule has 0 amide bonds. The predicted molar refractivity (Wildman–Crippen MR) is 67.0 cm³/mol. The molecule has 1 saturated carbocycles. The maximum Gasteiger partial charge on any atom is 0.0183 e. The van der Waals surface area contributed by atoms with Crippen LogP contribution < -0.4 is 5.32 Å². The van der Waals surface area contributed by atoms with Crippen molar-refractivity contribution in [3.8, 4) is 0 Å². The third-order valence-electron chi connectivity index (χ3n) is 3.69. The van der Waals surface area contributed by atoms with E-state index < -0.39 is 0 Å². The second-order valence-electron chi connectivity index (χ2n) is 4.55. The third-order valence-corrected chi connectivity index (χ3v) is 4.38. The van der Waals surface area contributed by atoms with Crippen LogP contribution in [0.15, 0.2) is 0 Å². The van der Waals surface area contributed by atoms with Gasteiger partial charge in [-0.3, -0.25) is 0 Å². The molecular weight excluding hydrogens is 190 g/mol. The molecule has 3 atom stereocenters. The average molecular weight is 215 g/mol. The molecule has 84 valence electrons. The molecule has 1 fully saturated rings. The molecule has 0 heterocycles. The van der Waals surface area contributed by atoms with Crippen molar-refractivity contribution in [1.29, 1.82) is 0 Å². The summed E-state index contributed by atoms with van der Waals surface area (Å²) < 4.78 is 0. The van der Waals surface area contributed by atoms with Crippen LogP contribution in [0.25, 0.3) is 0 Å². The standard InChI is InChI=1S/C12H25NS/c1-4-10-6-5-7-11(8-10)12(13-2)9-14-3/h10-13H,4-9H2,1-3H3. The van der Waals surface area contributed by atoms with Gasteiger partial charge in [-0.25, -0.2) is 0 Å². The number of hydrogen-bond acceptors (Lipinski definition) is 2. The zero-order chi connectivity index (χ0) is 10.4. The van der Waals surface area contributed by atoms with Gasteiger partial charge < -0.3 is 5.32 Å². The first kappa shape index (κ1) is 12.4. The van der Waals surface area contributed by atoms with E-state index in [1.54, 1.807) is 0 Å². The number of rotatable bonds is 5. The smallest absolute Gasteiger partial charge is 0.0183 e. The molecule has 3 unspecified atom stereocenters. The fraction of sp³-hybridized carbons (Fsp3) is 1.00. The van der Waals surface area contributed by atoms with E-state index in [1.165, 1.54) is 37.9 Å². The summed E-state index contributed by atoms with van der Waals surface area (Å²) in [4.78, 5) is 0. The Morgan fingerprint density at radius 2 is 2.21 bits per heavy atom. The van der Waals surface area contributed by atoms with Crippen molar-refractivity contribution in [2.45, 2.75) is 45.1 Å². The first-order valence-corrected chi connectivity index (χ1v) is 7.37. The molecule has 0 radical (unpaired) electrons. The van der Waals surface area contributed by atoms with Crippen LogP contribution in [-0.4, -0.2) is 25.1 Å². The van der Waals surface area contributed by atoms with E-state index >= 15 is 0 Å². The van der Waals surface area contributed by atoms with Gasteiger partial charge >= 0.3 is 0 Å². The molecule has 1 N–H and O–H groups in total. The van der Waals surface area contributed by atoms with Gasteiger partial charge in [0.1, 0.15) is 0 Å². The van der Waals surface area contributed by atoms with E-state index in [1.807, 2.05) is 11.8 Å². The van der Waals surface area contributed by atoms with Crippen molar-refractivity contribution in [1.82, 2.24) is 5.32 Å². The van der Waals surface area contributed by atoms with Crippen LogP contribution in [0.4, 0.5) is 0 Å². The molecular formula is C12H25NS. The Morgan fingerprint density at radius 1 is 1.43 bits per heavy atom. The van der Waals surface area contributed by atoms with Gasteiger partial charge in [-0.1, -0.05) is 26.2 Å². The summed E-state index contributed by atoms with van der Waals surface area (Å²) in [5.74, 6) is 3.22. The Hall–Kier alpha value is 0.310. The summed E-state index contributed by atoms with van der Waals surface area (Å²) >= 11 is 1.97. The van der Waals surface area contributed by atoms with Crippen LogP contribution in [-0.2, 0) is 0 Å². The quantitative estimate of drug-likeness (QED) is 0.756. The Morgan fingerprint density at radius 3 is 2.79 bits per heavy atom. The van der Waals surface area contributed by atoms with Crippen LogP contribution in [0.5, 0.6) is 0 Å². The minimum Gasteiger partial charge on any atom is -0.316 e. The number of thioether (sulfide) groups is 1. The largest absolute Gasteiger partial charge is 0.316 e. The van der Waals surface area contributed by atoms with Crippen molar-refractivity contribution >= 4 is 11.8 Å². The Labute approximate surface area is 93.4 Å². The van der Waals surface area contributed by atoms with E-state index in [9.17, 15) is 0 Å². The average Bonchev–Trinajstić information content (AvgIpc) is 2.26. The van der Waals surface area contributed by atoms with Crippen molar-refractivity contribution in [3.05, 3.63) is 0 Å². The summed E-state index contributed by atoms with van der Waals surface area (Å²) in [5.41, 5.74) is 0. The highest BCUT2D eigenvalue weighted by molar-refractivity contribution is 7.98. The highest BCUT2D eigenvalue weighted by Gasteiger charge is 2.26. The van der Waals surface area contributed by atoms with E-state index in [2.05, 4.69) is 25.5 Å². The lowest BCUT2D eigenvalue weighted by molar-refractivity contribution is 0.223. The highest BCUT2D eigenvalue weighted by atomic mass is 32.2. The van der Waals surface area contributed by atoms with Gasteiger partial charge in [-0.15, -0.1) is 0 Å². The molecule has 1 rings (SSSR count). The fourth-order valence-corrected chi connectivity index (χ4v) is 3.50. The van der Waals surface area contributed by atoms with Gasteiger partial charge in [0.25, 0.3) is 0 Å². The van der Waals surface area contributed by atoms with Crippen LogP contribution in [0.3, 0.4) is 0 Å². The maximum absolute atomic E-state index is 3.50. The molecule has 0 bridgehead atoms. The second kappa shape index (κ2) is 6.73. The van der Waals surface area contributed by atoms with E-state index in [-0.39, 0.29) is 0 Å². The summed E-state index contributed by atoms with van der Waals surface area (Å²) in [6.07, 6.45) is 9.43. The minimum atomic E-state index is 0.749. The SMILES string of the molecule is CCC1CCCC(C(CSC)NC)C1. The summed E-state index contributed by atoms with van der Waals surface area (Å²) in [6.45, 7) is 2.34. The Kier molecular flexibility index (Phi) is 5.95. The Bertz CT molecular complexity index is 149. The van der Waals surface area contributed by atoms with Gasteiger partial charge in [-0.05, 0) is 38.0 Å². The zero-order valence-corrected chi connectivity index (χ0v) is 10.7. The Balaban J connectivity index is 2.40. The van der Waals surface area contributed by atoms with Gasteiger partial charge in [0.2, 0.25) is 0 Å². The second-order valence-corrected chi connectivity index (χ2v) is 5.46. The van der Waals surface area contributed by atoms with Crippen molar-refractivity contribution in [3.63, 3.8) is 0 Å². The number of hydrogen-bond donors (Lipinski definition) is 1. The summed E-state index contributed by atoms with van der Waals surface area (Å²) in [6, 6.07) is 0.749. The van der Waals surface area contributed by atoms with Crippen LogP contribution >= 0.6 is 11.8 Å². The fourth-order valence-electron chi connectivity index (χ4n) is 2.70. The topological polar surface area (TPSA) is 12.0 Å². The maximum atomic E-state index is 3.50. The van der Waals surface area contributed by atoms with Crippen LogP contribution in [0, 0.1) is 11.8 Å².